The van der Waals surface area contributed by atoms with E-state index in [9.17, 15) is 4.79 Å². The predicted molar refractivity (Wildman–Crippen MR) is 91.6 cm³/mol. The van der Waals surface area contributed by atoms with Gasteiger partial charge in [0.1, 0.15) is 12.3 Å². The first-order chi connectivity index (χ1) is 11.3. The SMILES string of the molecule is C.COc1ccccc1NC(=O)Cn1nnc(-c2ccccc2)n1. The van der Waals surface area contributed by atoms with Crippen LogP contribution in [0, 0.1) is 0 Å². The molecule has 0 aliphatic carbocycles. The number of hydrogen-bond acceptors (Lipinski definition) is 5. The Kier molecular flexibility index (Phi) is 5.62. The van der Waals surface area contributed by atoms with Gasteiger partial charge in [0.05, 0.1) is 12.8 Å². The fourth-order valence-electron chi connectivity index (χ4n) is 2.08. The molecule has 1 aromatic heterocycles. The summed E-state index contributed by atoms with van der Waals surface area (Å²) >= 11 is 0. The number of rotatable bonds is 5. The second-order valence-electron chi connectivity index (χ2n) is 4.76. The van der Waals surface area contributed by atoms with Crippen molar-refractivity contribution in [3.8, 4) is 17.1 Å². The zero-order valence-electron chi connectivity index (χ0n) is 12.5. The van der Waals surface area contributed by atoms with Gasteiger partial charge in [-0.3, -0.25) is 4.79 Å². The molecule has 24 heavy (non-hydrogen) atoms. The molecule has 2 aromatic carbocycles. The van der Waals surface area contributed by atoms with E-state index in [1.54, 1.807) is 19.2 Å². The van der Waals surface area contributed by atoms with Crippen LogP contribution in [0.3, 0.4) is 0 Å². The number of carbonyl (C=O) groups excluding carboxylic acids is 1. The molecular weight excluding hydrogens is 306 g/mol. The molecule has 0 aliphatic heterocycles. The molecule has 0 bridgehead atoms. The van der Waals surface area contributed by atoms with E-state index >= 15 is 0 Å². The number of aromatic nitrogens is 4. The van der Waals surface area contributed by atoms with Crippen molar-refractivity contribution in [2.24, 2.45) is 0 Å². The van der Waals surface area contributed by atoms with E-state index in [1.807, 2.05) is 42.5 Å². The van der Waals surface area contributed by atoms with Crippen molar-refractivity contribution in [3.63, 3.8) is 0 Å². The van der Waals surface area contributed by atoms with Gasteiger partial charge < -0.3 is 10.1 Å². The third kappa shape index (κ3) is 3.95. The average Bonchev–Trinajstić information content (AvgIpc) is 3.04. The van der Waals surface area contributed by atoms with Gasteiger partial charge in [0.2, 0.25) is 11.7 Å². The van der Waals surface area contributed by atoms with Gasteiger partial charge in [-0.2, -0.15) is 4.80 Å². The minimum atomic E-state index is -0.258. The zero-order valence-corrected chi connectivity index (χ0v) is 12.5. The third-order valence-electron chi connectivity index (χ3n) is 3.15. The highest BCUT2D eigenvalue weighted by Crippen LogP contribution is 2.22. The molecule has 7 heteroatoms. The summed E-state index contributed by atoms with van der Waals surface area (Å²) in [5.41, 5.74) is 1.45. The van der Waals surface area contributed by atoms with E-state index in [4.69, 9.17) is 4.74 Å². The summed E-state index contributed by atoms with van der Waals surface area (Å²) in [5, 5.41) is 14.8. The molecule has 0 fully saturated rings. The van der Waals surface area contributed by atoms with Crippen LogP contribution >= 0.6 is 0 Å². The monoisotopic (exact) mass is 325 g/mol. The number of tetrazole rings is 1. The summed E-state index contributed by atoms with van der Waals surface area (Å²) in [6, 6.07) is 16.7. The Hall–Kier alpha value is -3.22. The molecule has 1 amide bonds. The maximum atomic E-state index is 12.1. The van der Waals surface area contributed by atoms with Crippen LogP contribution in [0.1, 0.15) is 7.43 Å². The third-order valence-corrected chi connectivity index (χ3v) is 3.15. The summed E-state index contributed by atoms with van der Waals surface area (Å²) < 4.78 is 5.19. The fraction of sp³-hybridized carbons (Fsp3) is 0.176. The normalized spacial score (nSPS) is 9.88. The molecule has 0 saturated carbocycles. The van der Waals surface area contributed by atoms with Crippen molar-refractivity contribution in [3.05, 3.63) is 54.6 Å². The first-order valence-electron chi connectivity index (χ1n) is 7.02. The quantitative estimate of drug-likeness (QED) is 0.780. The number of carbonyl (C=O) groups is 1. The number of para-hydroxylation sites is 2. The van der Waals surface area contributed by atoms with Gasteiger partial charge >= 0.3 is 0 Å². The molecule has 0 atom stereocenters. The number of ether oxygens (including phenoxy) is 1. The van der Waals surface area contributed by atoms with Crippen molar-refractivity contribution in [2.75, 3.05) is 12.4 Å². The molecule has 0 saturated heterocycles. The van der Waals surface area contributed by atoms with E-state index in [0.29, 0.717) is 17.3 Å². The van der Waals surface area contributed by atoms with Crippen molar-refractivity contribution < 1.29 is 9.53 Å². The Balaban J connectivity index is 0.00000208. The standard InChI is InChI=1S/C16H15N5O2.CH4/c1-23-14-10-6-5-9-13(14)17-15(22)11-21-19-16(18-20-21)12-7-3-2-4-8-12;/h2-10H,11H2,1H3,(H,17,22);1H4. The topological polar surface area (TPSA) is 81.9 Å². The van der Waals surface area contributed by atoms with Crippen LogP contribution in [-0.2, 0) is 11.3 Å². The minimum Gasteiger partial charge on any atom is -0.495 e. The first-order valence-corrected chi connectivity index (χ1v) is 7.02. The summed E-state index contributed by atoms with van der Waals surface area (Å²) in [7, 11) is 1.55. The summed E-state index contributed by atoms with van der Waals surface area (Å²) in [6.45, 7) is -0.0299. The number of methoxy groups -OCH3 is 1. The fourth-order valence-corrected chi connectivity index (χ4v) is 2.08. The number of benzene rings is 2. The number of amides is 1. The smallest absolute Gasteiger partial charge is 0.248 e. The molecule has 1 heterocycles. The van der Waals surface area contributed by atoms with E-state index < -0.39 is 0 Å². The van der Waals surface area contributed by atoms with Gasteiger partial charge in [0.15, 0.2) is 0 Å². The average molecular weight is 325 g/mol. The first kappa shape index (κ1) is 17.1. The molecule has 0 radical (unpaired) electrons. The van der Waals surface area contributed by atoms with E-state index in [-0.39, 0.29) is 19.9 Å². The Bertz CT molecular complexity index is 802. The molecule has 1 N–H and O–H groups in total. The predicted octanol–water partition coefficient (Wildman–Crippen LogP) is 2.62. The van der Waals surface area contributed by atoms with Gasteiger partial charge in [-0.1, -0.05) is 49.9 Å². The summed E-state index contributed by atoms with van der Waals surface area (Å²) in [5.74, 6) is 0.819. The zero-order chi connectivity index (χ0) is 16.1. The molecule has 0 aliphatic rings. The van der Waals surface area contributed by atoms with Crippen LogP contribution in [0.2, 0.25) is 0 Å². The van der Waals surface area contributed by atoms with Gasteiger partial charge in [-0.05, 0) is 17.3 Å². The summed E-state index contributed by atoms with van der Waals surface area (Å²) in [4.78, 5) is 13.4. The lowest BCUT2D eigenvalue weighted by molar-refractivity contribution is -0.117. The number of hydrogen-bond donors (Lipinski definition) is 1. The van der Waals surface area contributed by atoms with E-state index in [1.165, 1.54) is 4.80 Å². The maximum absolute atomic E-state index is 12.1. The van der Waals surface area contributed by atoms with Crippen LogP contribution in [0.4, 0.5) is 5.69 Å². The summed E-state index contributed by atoms with van der Waals surface area (Å²) in [6.07, 6.45) is 0. The van der Waals surface area contributed by atoms with E-state index in [2.05, 4.69) is 20.7 Å². The second kappa shape index (κ2) is 7.87. The molecule has 3 rings (SSSR count). The lowest BCUT2D eigenvalue weighted by Gasteiger charge is -2.09. The maximum Gasteiger partial charge on any atom is 0.248 e. The molecule has 0 spiro atoms. The molecule has 7 nitrogen and oxygen atoms in total. The number of anilines is 1. The lowest BCUT2D eigenvalue weighted by Crippen LogP contribution is -2.20. The van der Waals surface area contributed by atoms with Gasteiger partial charge in [0.25, 0.3) is 0 Å². The van der Waals surface area contributed by atoms with Crippen LogP contribution in [0.5, 0.6) is 5.75 Å². The van der Waals surface area contributed by atoms with Gasteiger partial charge in [-0.15, -0.1) is 10.2 Å². The van der Waals surface area contributed by atoms with Crippen LogP contribution in [-0.4, -0.2) is 33.2 Å². The highest BCUT2D eigenvalue weighted by molar-refractivity contribution is 5.91. The minimum absolute atomic E-state index is 0. The highest BCUT2D eigenvalue weighted by atomic mass is 16.5. The molecular formula is C17H19N5O2. The van der Waals surface area contributed by atoms with Crippen LogP contribution in [0.15, 0.2) is 54.6 Å². The van der Waals surface area contributed by atoms with Crippen molar-refractivity contribution in [1.82, 2.24) is 20.2 Å². The van der Waals surface area contributed by atoms with Gasteiger partial charge in [-0.25, -0.2) is 0 Å². The highest BCUT2D eigenvalue weighted by Gasteiger charge is 2.11. The molecule has 3 aromatic rings. The number of nitrogens with zero attached hydrogens (tertiary/aromatic N) is 4. The molecule has 124 valence electrons. The lowest BCUT2D eigenvalue weighted by atomic mass is 10.2. The molecule has 0 unspecified atom stereocenters. The Morgan fingerprint density at radius 3 is 2.58 bits per heavy atom. The van der Waals surface area contributed by atoms with Crippen molar-refractivity contribution in [1.29, 1.82) is 0 Å². The largest absolute Gasteiger partial charge is 0.495 e. The second-order valence-corrected chi connectivity index (χ2v) is 4.76. The van der Waals surface area contributed by atoms with Crippen LogP contribution in [0.25, 0.3) is 11.4 Å². The van der Waals surface area contributed by atoms with E-state index in [0.717, 1.165) is 5.56 Å². The Labute approximate surface area is 140 Å². The number of nitrogens with one attached hydrogen (secondary N) is 1. The van der Waals surface area contributed by atoms with Crippen molar-refractivity contribution >= 4 is 11.6 Å². The van der Waals surface area contributed by atoms with Crippen molar-refractivity contribution in [2.45, 2.75) is 14.0 Å². The van der Waals surface area contributed by atoms with Gasteiger partial charge in [0, 0.05) is 5.56 Å². The van der Waals surface area contributed by atoms with Crippen LogP contribution < -0.4 is 10.1 Å². The Morgan fingerprint density at radius 1 is 1.12 bits per heavy atom. The Morgan fingerprint density at radius 2 is 1.83 bits per heavy atom.